The summed E-state index contributed by atoms with van der Waals surface area (Å²) in [7, 11) is 0. The van der Waals surface area contributed by atoms with Gasteiger partial charge in [0.15, 0.2) is 0 Å². The van der Waals surface area contributed by atoms with Crippen molar-refractivity contribution in [3.05, 3.63) is 59.7 Å². The standard InChI is InChI=1S/C20H20O5/c1-3-13-11-16(9-10-17(13)21)14-5-7-15(8-6-14)18(22)12-19(23)20(24)25-4-2/h5-12,21-22H,3-4H2,1-2H3/b18-12-. The van der Waals surface area contributed by atoms with Gasteiger partial charge in [0.25, 0.3) is 5.78 Å². The highest BCUT2D eigenvalue weighted by Gasteiger charge is 2.14. The van der Waals surface area contributed by atoms with Crippen LogP contribution in [0, 0.1) is 0 Å². The molecule has 0 fully saturated rings. The van der Waals surface area contributed by atoms with Gasteiger partial charge in [0.2, 0.25) is 0 Å². The largest absolute Gasteiger partial charge is 0.508 e. The molecule has 0 amide bonds. The van der Waals surface area contributed by atoms with Crippen molar-refractivity contribution in [3.8, 4) is 16.9 Å². The number of carbonyl (C=O) groups is 2. The SMILES string of the molecule is CCOC(=O)C(=O)/C=C(\O)c1ccc(-c2ccc(O)c(CC)c2)cc1. The minimum absolute atomic E-state index is 0.0975. The van der Waals surface area contributed by atoms with Crippen molar-refractivity contribution < 1.29 is 24.5 Å². The molecule has 0 radical (unpaired) electrons. The number of esters is 1. The summed E-state index contributed by atoms with van der Waals surface area (Å²) >= 11 is 0. The lowest BCUT2D eigenvalue weighted by atomic mass is 10.00. The lowest BCUT2D eigenvalue weighted by Crippen LogP contribution is -2.15. The molecule has 2 rings (SSSR count). The van der Waals surface area contributed by atoms with Crippen LogP contribution in [0.1, 0.15) is 25.0 Å². The summed E-state index contributed by atoms with van der Waals surface area (Å²) < 4.78 is 4.58. The van der Waals surface area contributed by atoms with E-state index in [-0.39, 0.29) is 18.1 Å². The van der Waals surface area contributed by atoms with E-state index >= 15 is 0 Å². The van der Waals surface area contributed by atoms with E-state index in [9.17, 15) is 19.8 Å². The number of benzene rings is 2. The van der Waals surface area contributed by atoms with Crippen molar-refractivity contribution in [2.24, 2.45) is 0 Å². The van der Waals surface area contributed by atoms with Gasteiger partial charge in [-0.3, -0.25) is 4.79 Å². The molecule has 2 aromatic rings. The van der Waals surface area contributed by atoms with Gasteiger partial charge in [0.1, 0.15) is 11.5 Å². The summed E-state index contributed by atoms with van der Waals surface area (Å²) in [4.78, 5) is 22.9. The third-order valence-corrected chi connectivity index (χ3v) is 3.72. The Morgan fingerprint density at radius 2 is 1.68 bits per heavy atom. The summed E-state index contributed by atoms with van der Waals surface area (Å²) in [6.07, 6.45) is 1.57. The number of hydrogen-bond acceptors (Lipinski definition) is 5. The molecule has 0 unspecified atom stereocenters. The van der Waals surface area contributed by atoms with E-state index in [1.54, 1.807) is 37.3 Å². The summed E-state index contributed by atoms with van der Waals surface area (Å²) in [6, 6.07) is 12.3. The summed E-state index contributed by atoms with van der Waals surface area (Å²) in [6.45, 7) is 3.66. The van der Waals surface area contributed by atoms with Crippen LogP contribution >= 0.6 is 0 Å². The Labute approximate surface area is 146 Å². The number of phenolic OH excluding ortho intramolecular Hbond substituents is 1. The first-order valence-electron chi connectivity index (χ1n) is 8.00. The van der Waals surface area contributed by atoms with Gasteiger partial charge in [-0.15, -0.1) is 0 Å². The number of ether oxygens (including phenoxy) is 1. The van der Waals surface area contributed by atoms with Gasteiger partial charge >= 0.3 is 5.97 Å². The molecule has 0 aliphatic rings. The monoisotopic (exact) mass is 340 g/mol. The molecule has 2 aromatic carbocycles. The van der Waals surface area contributed by atoms with E-state index in [1.165, 1.54) is 0 Å². The van der Waals surface area contributed by atoms with E-state index < -0.39 is 11.8 Å². The van der Waals surface area contributed by atoms with Crippen LogP contribution in [0.4, 0.5) is 0 Å². The van der Waals surface area contributed by atoms with Crippen LogP contribution in [0.2, 0.25) is 0 Å². The predicted octanol–water partition coefficient (Wildman–Crippen LogP) is 3.65. The summed E-state index contributed by atoms with van der Waals surface area (Å²) in [5.41, 5.74) is 3.11. The quantitative estimate of drug-likeness (QED) is 0.363. The van der Waals surface area contributed by atoms with Gasteiger partial charge in [0, 0.05) is 11.6 Å². The first kappa shape index (κ1) is 18.3. The average Bonchev–Trinajstić information content (AvgIpc) is 2.62. The van der Waals surface area contributed by atoms with Gasteiger partial charge in [-0.05, 0) is 42.2 Å². The van der Waals surface area contributed by atoms with E-state index in [2.05, 4.69) is 4.74 Å². The minimum atomic E-state index is -0.998. The van der Waals surface area contributed by atoms with Crippen molar-refractivity contribution in [3.63, 3.8) is 0 Å². The normalized spacial score (nSPS) is 11.2. The van der Waals surface area contributed by atoms with Crippen molar-refractivity contribution in [2.45, 2.75) is 20.3 Å². The fraction of sp³-hybridized carbons (Fsp3) is 0.200. The topological polar surface area (TPSA) is 83.8 Å². The molecule has 0 bridgehead atoms. The molecular weight excluding hydrogens is 320 g/mol. The molecular formula is C20H20O5. The van der Waals surface area contributed by atoms with Gasteiger partial charge in [0.05, 0.1) is 6.61 Å². The molecule has 0 aromatic heterocycles. The van der Waals surface area contributed by atoms with Gasteiger partial charge < -0.3 is 14.9 Å². The highest BCUT2D eigenvalue weighted by molar-refractivity contribution is 6.39. The maximum Gasteiger partial charge on any atom is 0.379 e. The van der Waals surface area contributed by atoms with Crippen molar-refractivity contribution >= 4 is 17.5 Å². The number of aliphatic hydroxyl groups excluding tert-OH is 1. The number of rotatable bonds is 6. The number of aliphatic hydroxyl groups is 1. The highest BCUT2D eigenvalue weighted by Crippen LogP contribution is 2.27. The van der Waals surface area contributed by atoms with Crippen LogP contribution in [0.15, 0.2) is 48.5 Å². The lowest BCUT2D eigenvalue weighted by molar-refractivity contribution is -0.151. The Balaban J connectivity index is 2.22. The van der Waals surface area contributed by atoms with E-state index in [4.69, 9.17) is 0 Å². The van der Waals surface area contributed by atoms with Crippen molar-refractivity contribution in [1.82, 2.24) is 0 Å². The molecule has 0 heterocycles. The fourth-order valence-electron chi connectivity index (χ4n) is 2.35. The number of hydrogen-bond donors (Lipinski definition) is 2. The number of aryl methyl sites for hydroxylation is 1. The Morgan fingerprint density at radius 1 is 1.04 bits per heavy atom. The van der Waals surface area contributed by atoms with E-state index in [0.29, 0.717) is 5.56 Å². The predicted molar refractivity (Wildman–Crippen MR) is 95.2 cm³/mol. The summed E-state index contributed by atoms with van der Waals surface area (Å²) in [5, 5.41) is 19.7. The number of aromatic hydroxyl groups is 1. The molecule has 0 saturated heterocycles. The molecule has 130 valence electrons. The Hall–Kier alpha value is -3.08. The third kappa shape index (κ3) is 4.47. The fourth-order valence-corrected chi connectivity index (χ4v) is 2.35. The Kier molecular flexibility index (Phi) is 5.95. The first-order chi connectivity index (χ1) is 12.0. The zero-order valence-corrected chi connectivity index (χ0v) is 14.2. The smallest absolute Gasteiger partial charge is 0.379 e. The average molecular weight is 340 g/mol. The molecule has 25 heavy (non-hydrogen) atoms. The zero-order chi connectivity index (χ0) is 18.4. The second-order valence-corrected chi connectivity index (χ2v) is 5.39. The maximum atomic E-state index is 11.6. The van der Waals surface area contributed by atoms with Crippen LogP contribution in [0.5, 0.6) is 5.75 Å². The minimum Gasteiger partial charge on any atom is -0.508 e. The Morgan fingerprint density at radius 3 is 2.28 bits per heavy atom. The molecule has 5 nitrogen and oxygen atoms in total. The third-order valence-electron chi connectivity index (χ3n) is 3.72. The first-order valence-corrected chi connectivity index (χ1v) is 8.00. The maximum absolute atomic E-state index is 11.6. The molecule has 0 saturated carbocycles. The van der Waals surface area contributed by atoms with Crippen LogP contribution in [-0.4, -0.2) is 28.6 Å². The second kappa shape index (κ2) is 8.15. The highest BCUT2D eigenvalue weighted by atomic mass is 16.5. The van der Waals surface area contributed by atoms with Gasteiger partial charge in [-0.2, -0.15) is 0 Å². The van der Waals surface area contributed by atoms with Crippen molar-refractivity contribution in [2.75, 3.05) is 6.61 Å². The molecule has 0 spiro atoms. The molecule has 0 atom stereocenters. The van der Waals surface area contributed by atoms with Gasteiger partial charge in [-0.25, -0.2) is 4.79 Å². The number of carbonyl (C=O) groups excluding carboxylic acids is 2. The second-order valence-electron chi connectivity index (χ2n) is 5.39. The molecule has 2 N–H and O–H groups in total. The van der Waals surface area contributed by atoms with E-state index in [1.807, 2.05) is 19.1 Å². The number of ketones is 1. The van der Waals surface area contributed by atoms with Crippen LogP contribution in [-0.2, 0) is 20.7 Å². The summed E-state index contributed by atoms with van der Waals surface area (Å²) in [5.74, 6) is -1.94. The van der Waals surface area contributed by atoms with Crippen LogP contribution in [0.3, 0.4) is 0 Å². The zero-order valence-electron chi connectivity index (χ0n) is 14.2. The lowest BCUT2D eigenvalue weighted by Gasteiger charge is -2.07. The van der Waals surface area contributed by atoms with Crippen LogP contribution < -0.4 is 0 Å². The van der Waals surface area contributed by atoms with Gasteiger partial charge in [-0.1, -0.05) is 37.3 Å². The van der Waals surface area contributed by atoms with E-state index in [0.717, 1.165) is 29.2 Å². The molecule has 0 aliphatic heterocycles. The number of phenols is 1. The molecule has 0 aliphatic carbocycles. The Bertz CT molecular complexity index is 803. The van der Waals surface area contributed by atoms with Crippen LogP contribution in [0.25, 0.3) is 16.9 Å². The molecule has 5 heteroatoms. The van der Waals surface area contributed by atoms with Crippen molar-refractivity contribution in [1.29, 1.82) is 0 Å².